The number of nitrogens with one attached hydrogen (secondary N) is 1. The van der Waals surface area contributed by atoms with Crippen molar-refractivity contribution in [3.05, 3.63) is 64.2 Å². The quantitative estimate of drug-likeness (QED) is 0.885. The molecule has 21 heavy (non-hydrogen) atoms. The van der Waals surface area contributed by atoms with Gasteiger partial charge in [0.25, 0.3) is 0 Å². The summed E-state index contributed by atoms with van der Waals surface area (Å²) in [5.74, 6) is 0.903. The molecule has 0 fully saturated rings. The molecule has 0 saturated heterocycles. The van der Waals surface area contributed by atoms with Crippen LogP contribution < -0.4 is 10.1 Å². The van der Waals surface area contributed by atoms with E-state index in [0.717, 1.165) is 23.6 Å². The van der Waals surface area contributed by atoms with Crippen molar-refractivity contribution < 1.29 is 4.74 Å². The average Bonchev–Trinajstić information content (AvgIpc) is 2.89. The van der Waals surface area contributed by atoms with Crippen molar-refractivity contribution in [3.63, 3.8) is 0 Å². The predicted molar refractivity (Wildman–Crippen MR) is 87.1 cm³/mol. The van der Waals surface area contributed by atoms with Crippen molar-refractivity contribution in [2.45, 2.75) is 31.8 Å². The number of hydrogen-bond acceptors (Lipinski definition) is 2. The normalized spacial score (nSPS) is 18.3. The van der Waals surface area contributed by atoms with E-state index >= 15 is 0 Å². The van der Waals surface area contributed by atoms with E-state index in [-0.39, 0.29) is 6.04 Å². The first-order chi connectivity index (χ1) is 10.2. The standard InChI is InChI=1S/C18H20ClNO/c1-12(13-4-3-5-16(11-13)21-2)20-18-9-6-14-10-15(19)7-8-17(14)18/h3-5,7-8,10-12,18,20H,6,9H2,1-2H3/t12-,18?/m0/s1. The Balaban J connectivity index is 1.76. The molecule has 0 aliphatic heterocycles. The van der Waals surface area contributed by atoms with Gasteiger partial charge in [-0.2, -0.15) is 0 Å². The summed E-state index contributed by atoms with van der Waals surface area (Å²) in [6.45, 7) is 2.20. The summed E-state index contributed by atoms with van der Waals surface area (Å²) in [4.78, 5) is 0. The van der Waals surface area contributed by atoms with Crippen LogP contribution in [0, 0.1) is 0 Å². The van der Waals surface area contributed by atoms with Crippen molar-refractivity contribution in [1.29, 1.82) is 0 Å². The zero-order chi connectivity index (χ0) is 14.8. The molecule has 1 unspecified atom stereocenters. The maximum atomic E-state index is 6.07. The molecule has 0 aromatic heterocycles. The monoisotopic (exact) mass is 301 g/mol. The molecule has 1 aliphatic rings. The highest BCUT2D eigenvalue weighted by Gasteiger charge is 2.24. The van der Waals surface area contributed by atoms with Gasteiger partial charge >= 0.3 is 0 Å². The van der Waals surface area contributed by atoms with E-state index in [9.17, 15) is 0 Å². The van der Waals surface area contributed by atoms with Crippen LogP contribution in [0.5, 0.6) is 5.75 Å². The summed E-state index contributed by atoms with van der Waals surface area (Å²) in [6.07, 6.45) is 2.22. The summed E-state index contributed by atoms with van der Waals surface area (Å²) < 4.78 is 5.30. The number of methoxy groups -OCH3 is 1. The predicted octanol–water partition coefficient (Wildman–Crippen LogP) is 4.69. The molecular weight excluding hydrogens is 282 g/mol. The van der Waals surface area contributed by atoms with Gasteiger partial charge in [-0.25, -0.2) is 0 Å². The molecule has 1 N–H and O–H groups in total. The molecule has 0 bridgehead atoms. The summed E-state index contributed by atoms with van der Waals surface area (Å²) >= 11 is 6.07. The molecule has 0 amide bonds. The lowest BCUT2D eigenvalue weighted by molar-refractivity contribution is 0.411. The molecule has 2 nitrogen and oxygen atoms in total. The van der Waals surface area contributed by atoms with Gasteiger partial charge in [-0.1, -0.05) is 29.8 Å². The third kappa shape index (κ3) is 3.07. The lowest BCUT2D eigenvalue weighted by Gasteiger charge is -2.21. The van der Waals surface area contributed by atoms with Crippen LogP contribution in [0.3, 0.4) is 0 Å². The van der Waals surface area contributed by atoms with Gasteiger partial charge in [-0.15, -0.1) is 0 Å². The van der Waals surface area contributed by atoms with E-state index in [1.54, 1.807) is 7.11 Å². The van der Waals surface area contributed by atoms with Crippen LogP contribution in [0.2, 0.25) is 5.02 Å². The van der Waals surface area contributed by atoms with Gasteiger partial charge in [0.1, 0.15) is 5.75 Å². The highest BCUT2D eigenvalue weighted by Crippen LogP contribution is 2.34. The van der Waals surface area contributed by atoms with Gasteiger partial charge in [0, 0.05) is 17.1 Å². The van der Waals surface area contributed by atoms with Crippen molar-refractivity contribution in [2.75, 3.05) is 7.11 Å². The van der Waals surface area contributed by atoms with Crippen molar-refractivity contribution in [3.8, 4) is 5.75 Å². The minimum absolute atomic E-state index is 0.284. The van der Waals surface area contributed by atoms with Gasteiger partial charge in [0.15, 0.2) is 0 Å². The SMILES string of the molecule is COc1cccc([C@H](C)NC2CCc3cc(Cl)ccc32)c1. The molecule has 2 atom stereocenters. The van der Waals surface area contributed by atoms with Gasteiger partial charge in [-0.3, -0.25) is 0 Å². The van der Waals surface area contributed by atoms with E-state index in [1.807, 2.05) is 18.2 Å². The van der Waals surface area contributed by atoms with Crippen molar-refractivity contribution in [1.82, 2.24) is 5.32 Å². The van der Waals surface area contributed by atoms with Crippen LogP contribution in [0.15, 0.2) is 42.5 Å². The smallest absolute Gasteiger partial charge is 0.119 e. The van der Waals surface area contributed by atoms with Crippen LogP contribution in [0.4, 0.5) is 0 Å². The Morgan fingerprint density at radius 1 is 1.24 bits per heavy atom. The van der Waals surface area contributed by atoms with Crippen molar-refractivity contribution in [2.24, 2.45) is 0 Å². The Morgan fingerprint density at radius 2 is 2.10 bits per heavy atom. The summed E-state index contributed by atoms with van der Waals surface area (Å²) in [5, 5.41) is 4.55. The first kappa shape index (κ1) is 14.4. The highest BCUT2D eigenvalue weighted by molar-refractivity contribution is 6.30. The fourth-order valence-corrected chi connectivity index (χ4v) is 3.26. The third-order valence-electron chi connectivity index (χ3n) is 4.23. The van der Waals surface area contributed by atoms with E-state index < -0.39 is 0 Å². The molecule has 3 rings (SSSR count). The Kier molecular flexibility index (Phi) is 4.18. The van der Waals surface area contributed by atoms with Crippen LogP contribution in [-0.4, -0.2) is 7.11 Å². The van der Waals surface area contributed by atoms with E-state index in [1.165, 1.54) is 16.7 Å². The maximum Gasteiger partial charge on any atom is 0.119 e. The zero-order valence-corrected chi connectivity index (χ0v) is 13.2. The number of rotatable bonds is 4. The molecule has 0 radical (unpaired) electrons. The van der Waals surface area contributed by atoms with Crippen LogP contribution in [0.25, 0.3) is 0 Å². The number of benzene rings is 2. The molecule has 0 heterocycles. The fourth-order valence-electron chi connectivity index (χ4n) is 3.07. The molecule has 2 aromatic rings. The van der Waals surface area contributed by atoms with E-state index in [0.29, 0.717) is 6.04 Å². The fraction of sp³-hybridized carbons (Fsp3) is 0.333. The zero-order valence-electron chi connectivity index (χ0n) is 12.4. The summed E-state index contributed by atoms with van der Waals surface area (Å²) in [7, 11) is 1.70. The van der Waals surface area contributed by atoms with Gasteiger partial charge in [0.05, 0.1) is 7.11 Å². The second kappa shape index (κ2) is 6.08. The largest absolute Gasteiger partial charge is 0.497 e. The first-order valence-electron chi connectivity index (χ1n) is 7.35. The number of hydrogen-bond donors (Lipinski definition) is 1. The Bertz CT molecular complexity index is 641. The molecule has 3 heteroatoms. The first-order valence-corrected chi connectivity index (χ1v) is 7.73. The minimum Gasteiger partial charge on any atom is -0.497 e. The minimum atomic E-state index is 0.284. The van der Waals surface area contributed by atoms with Crippen LogP contribution >= 0.6 is 11.6 Å². The van der Waals surface area contributed by atoms with E-state index in [2.05, 4.69) is 36.5 Å². The number of aryl methyl sites for hydroxylation is 1. The second-order valence-corrected chi connectivity index (χ2v) is 6.04. The number of ether oxygens (including phenoxy) is 1. The second-order valence-electron chi connectivity index (χ2n) is 5.60. The number of halogens is 1. The Hall–Kier alpha value is -1.51. The molecule has 2 aromatic carbocycles. The molecular formula is C18H20ClNO. The highest BCUT2D eigenvalue weighted by atomic mass is 35.5. The van der Waals surface area contributed by atoms with Gasteiger partial charge in [0.2, 0.25) is 0 Å². The van der Waals surface area contributed by atoms with Gasteiger partial charge in [-0.05, 0) is 60.7 Å². The Morgan fingerprint density at radius 3 is 2.90 bits per heavy atom. The Labute approximate surface area is 131 Å². The molecule has 110 valence electrons. The topological polar surface area (TPSA) is 21.3 Å². The summed E-state index contributed by atoms with van der Waals surface area (Å²) in [5.41, 5.74) is 4.00. The lowest BCUT2D eigenvalue weighted by Crippen LogP contribution is -2.23. The molecule has 0 saturated carbocycles. The van der Waals surface area contributed by atoms with Gasteiger partial charge < -0.3 is 10.1 Å². The lowest BCUT2D eigenvalue weighted by atomic mass is 10.0. The van der Waals surface area contributed by atoms with Crippen LogP contribution in [-0.2, 0) is 6.42 Å². The molecule has 0 spiro atoms. The summed E-state index contributed by atoms with van der Waals surface area (Å²) in [6, 6.07) is 15.2. The van der Waals surface area contributed by atoms with Crippen molar-refractivity contribution >= 4 is 11.6 Å². The third-order valence-corrected chi connectivity index (χ3v) is 4.46. The molecule has 1 aliphatic carbocycles. The average molecular weight is 302 g/mol. The van der Waals surface area contributed by atoms with E-state index in [4.69, 9.17) is 16.3 Å². The van der Waals surface area contributed by atoms with Crippen LogP contribution in [0.1, 0.15) is 42.1 Å². The number of fused-ring (bicyclic) bond motifs is 1. The maximum absolute atomic E-state index is 6.07.